The lowest BCUT2D eigenvalue weighted by Crippen LogP contribution is -2.41. The van der Waals surface area contributed by atoms with Gasteiger partial charge in [-0.3, -0.25) is 4.79 Å². The van der Waals surface area contributed by atoms with Crippen LogP contribution in [0.4, 0.5) is 4.79 Å². The first-order valence-electron chi connectivity index (χ1n) is 6.69. The molecule has 1 aliphatic rings. The summed E-state index contributed by atoms with van der Waals surface area (Å²) < 4.78 is 0. The number of amides is 2. The molecule has 1 fully saturated rings. The maximum atomic E-state index is 11.8. The minimum Gasteiger partial charge on any atom is -0.481 e. The number of nitrogens with one attached hydrogen (secondary N) is 2. The Kier molecular flexibility index (Phi) is 4.27. The standard InChI is InChI=1S/C13H19N3O3S/c1-3-9-6-14-10(20-9)8(2)16-12(19)15-7-13(4-5-13)11(17)18/h6,8H,3-5,7H2,1-2H3,(H,17,18)(H2,15,16,19). The molecule has 0 saturated heterocycles. The largest absolute Gasteiger partial charge is 0.481 e. The van der Waals surface area contributed by atoms with Gasteiger partial charge < -0.3 is 15.7 Å². The van der Waals surface area contributed by atoms with Crippen LogP contribution >= 0.6 is 11.3 Å². The van der Waals surface area contributed by atoms with E-state index in [-0.39, 0.29) is 18.6 Å². The van der Waals surface area contributed by atoms with E-state index in [0.29, 0.717) is 12.8 Å². The van der Waals surface area contributed by atoms with E-state index < -0.39 is 11.4 Å². The summed E-state index contributed by atoms with van der Waals surface area (Å²) in [4.78, 5) is 28.2. The third kappa shape index (κ3) is 3.27. The molecule has 0 aliphatic heterocycles. The number of hydrogen-bond acceptors (Lipinski definition) is 4. The number of carboxylic acid groups (broad SMARTS) is 1. The zero-order chi connectivity index (χ0) is 14.8. The summed E-state index contributed by atoms with van der Waals surface area (Å²) in [5, 5.41) is 15.3. The van der Waals surface area contributed by atoms with Gasteiger partial charge in [-0.15, -0.1) is 11.3 Å². The van der Waals surface area contributed by atoms with E-state index in [9.17, 15) is 9.59 Å². The van der Waals surface area contributed by atoms with Gasteiger partial charge in [-0.05, 0) is 26.2 Å². The molecule has 1 heterocycles. The molecule has 0 radical (unpaired) electrons. The number of carboxylic acids is 1. The fourth-order valence-electron chi connectivity index (χ4n) is 1.86. The Bertz CT molecular complexity index is 511. The van der Waals surface area contributed by atoms with E-state index in [1.165, 1.54) is 4.88 Å². The van der Waals surface area contributed by atoms with Crippen LogP contribution in [-0.2, 0) is 11.2 Å². The number of urea groups is 1. The highest BCUT2D eigenvalue weighted by atomic mass is 32.1. The maximum absolute atomic E-state index is 11.8. The van der Waals surface area contributed by atoms with Gasteiger partial charge in [-0.25, -0.2) is 9.78 Å². The van der Waals surface area contributed by atoms with Gasteiger partial charge in [0.15, 0.2) is 0 Å². The van der Waals surface area contributed by atoms with E-state index in [1.54, 1.807) is 11.3 Å². The molecule has 0 spiro atoms. The molecule has 2 amide bonds. The van der Waals surface area contributed by atoms with Gasteiger partial charge in [0, 0.05) is 17.6 Å². The van der Waals surface area contributed by atoms with Crippen molar-refractivity contribution in [3.8, 4) is 0 Å². The van der Waals surface area contributed by atoms with Crippen LogP contribution in [0.2, 0.25) is 0 Å². The number of aromatic nitrogens is 1. The number of thiazole rings is 1. The predicted molar refractivity (Wildman–Crippen MR) is 75.7 cm³/mol. The average Bonchev–Trinajstić information content (AvgIpc) is 3.05. The second-order valence-electron chi connectivity index (χ2n) is 5.15. The second kappa shape index (κ2) is 5.78. The smallest absolute Gasteiger partial charge is 0.315 e. The third-order valence-electron chi connectivity index (χ3n) is 3.53. The Balaban J connectivity index is 1.81. The minimum atomic E-state index is -0.835. The third-order valence-corrected chi connectivity index (χ3v) is 4.86. The Morgan fingerprint density at radius 3 is 2.75 bits per heavy atom. The van der Waals surface area contributed by atoms with Gasteiger partial charge in [-0.2, -0.15) is 0 Å². The van der Waals surface area contributed by atoms with Crippen molar-refractivity contribution in [2.75, 3.05) is 6.54 Å². The van der Waals surface area contributed by atoms with Crippen LogP contribution in [0.15, 0.2) is 6.20 Å². The SMILES string of the molecule is CCc1cnc(C(C)NC(=O)NCC2(C(=O)O)CC2)s1. The summed E-state index contributed by atoms with van der Waals surface area (Å²) in [6.07, 6.45) is 4.01. The number of carbonyl (C=O) groups is 2. The molecule has 1 unspecified atom stereocenters. The monoisotopic (exact) mass is 297 g/mol. The molecule has 1 aromatic heterocycles. The molecule has 1 saturated carbocycles. The van der Waals surface area contributed by atoms with Crippen LogP contribution in [0.1, 0.15) is 42.6 Å². The maximum Gasteiger partial charge on any atom is 0.315 e. The van der Waals surface area contributed by atoms with Gasteiger partial charge >= 0.3 is 12.0 Å². The highest BCUT2D eigenvalue weighted by Gasteiger charge is 2.50. The lowest BCUT2D eigenvalue weighted by molar-refractivity contribution is -0.143. The summed E-state index contributed by atoms with van der Waals surface area (Å²) in [7, 11) is 0. The summed E-state index contributed by atoms with van der Waals surface area (Å²) in [6, 6.07) is -0.529. The molecule has 1 aromatic rings. The summed E-state index contributed by atoms with van der Waals surface area (Å²) >= 11 is 1.58. The second-order valence-corrected chi connectivity index (χ2v) is 6.30. The molecular weight excluding hydrogens is 278 g/mol. The normalized spacial score (nSPS) is 17.3. The fraction of sp³-hybridized carbons (Fsp3) is 0.615. The van der Waals surface area contributed by atoms with Crippen molar-refractivity contribution in [1.82, 2.24) is 15.6 Å². The van der Waals surface area contributed by atoms with E-state index in [2.05, 4.69) is 22.5 Å². The number of carbonyl (C=O) groups excluding carboxylic acids is 1. The molecule has 2 rings (SSSR count). The zero-order valence-corrected chi connectivity index (χ0v) is 12.4. The summed E-state index contributed by atoms with van der Waals surface area (Å²) in [5.41, 5.74) is -0.739. The van der Waals surface area contributed by atoms with Crippen molar-refractivity contribution >= 4 is 23.3 Å². The summed E-state index contributed by atoms with van der Waals surface area (Å²) in [6.45, 7) is 4.10. The van der Waals surface area contributed by atoms with Gasteiger partial charge in [0.2, 0.25) is 0 Å². The van der Waals surface area contributed by atoms with Crippen LogP contribution < -0.4 is 10.6 Å². The highest BCUT2D eigenvalue weighted by Crippen LogP contribution is 2.45. The molecule has 20 heavy (non-hydrogen) atoms. The fourth-order valence-corrected chi connectivity index (χ4v) is 2.72. The van der Waals surface area contributed by atoms with Crippen molar-refractivity contribution < 1.29 is 14.7 Å². The van der Waals surface area contributed by atoms with E-state index >= 15 is 0 Å². The van der Waals surface area contributed by atoms with E-state index in [1.807, 2.05) is 13.1 Å². The van der Waals surface area contributed by atoms with E-state index in [0.717, 1.165) is 11.4 Å². The van der Waals surface area contributed by atoms with Gasteiger partial charge in [0.05, 0.1) is 11.5 Å². The lowest BCUT2D eigenvalue weighted by atomic mass is 10.1. The van der Waals surface area contributed by atoms with Crippen molar-refractivity contribution in [2.45, 2.75) is 39.2 Å². The van der Waals surface area contributed by atoms with Crippen LogP contribution in [0.5, 0.6) is 0 Å². The number of nitrogens with zero attached hydrogens (tertiary/aromatic N) is 1. The van der Waals surface area contributed by atoms with Crippen molar-refractivity contribution in [1.29, 1.82) is 0 Å². The Hall–Kier alpha value is -1.63. The lowest BCUT2D eigenvalue weighted by Gasteiger charge is -2.15. The Labute approximate surface area is 121 Å². The molecule has 110 valence electrons. The topological polar surface area (TPSA) is 91.3 Å². The first-order valence-corrected chi connectivity index (χ1v) is 7.51. The van der Waals surface area contributed by atoms with Crippen LogP contribution in [0.25, 0.3) is 0 Å². The zero-order valence-electron chi connectivity index (χ0n) is 11.6. The highest BCUT2D eigenvalue weighted by molar-refractivity contribution is 7.11. The van der Waals surface area contributed by atoms with Crippen LogP contribution in [-0.4, -0.2) is 28.6 Å². The van der Waals surface area contributed by atoms with Crippen molar-refractivity contribution in [2.24, 2.45) is 5.41 Å². The predicted octanol–water partition coefficient (Wildman–Crippen LogP) is 1.93. The van der Waals surface area contributed by atoms with Gasteiger partial charge in [0.1, 0.15) is 5.01 Å². The summed E-state index contributed by atoms with van der Waals surface area (Å²) in [5.74, 6) is -0.835. The molecule has 0 bridgehead atoms. The molecule has 0 aromatic carbocycles. The molecule has 1 aliphatic carbocycles. The van der Waals surface area contributed by atoms with Crippen LogP contribution in [0.3, 0.4) is 0 Å². The molecule has 3 N–H and O–H groups in total. The van der Waals surface area contributed by atoms with Gasteiger partial charge in [-0.1, -0.05) is 6.92 Å². The van der Waals surface area contributed by atoms with Crippen LogP contribution in [0, 0.1) is 5.41 Å². The molecular formula is C13H19N3O3S. The molecule has 1 atom stereocenters. The van der Waals surface area contributed by atoms with E-state index in [4.69, 9.17) is 5.11 Å². The Morgan fingerprint density at radius 1 is 1.55 bits per heavy atom. The molecule has 7 heteroatoms. The minimum absolute atomic E-state index is 0.180. The molecule has 6 nitrogen and oxygen atoms in total. The van der Waals surface area contributed by atoms with Crippen molar-refractivity contribution in [3.05, 3.63) is 16.1 Å². The quantitative estimate of drug-likeness (QED) is 0.748. The van der Waals surface area contributed by atoms with Crippen molar-refractivity contribution in [3.63, 3.8) is 0 Å². The van der Waals surface area contributed by atoms with Gasteiger partial charge in [0.25, 0.3) is 0 Å². The number of aryl methyl sites for hydroxylation is 1. The number of hydrogen-bond donors (Lipinski definition) is 3. The average molecular weight is 297 g/mol. The Morgan fingerprint density at radius 2 is 2.25 bits per heavy atom. The first-order chi connectivity index (χ1) is 9.47. The number of rotatable bonds is 6. The first kappa shape index (κ1) is 14.8. The number of aliphatic carboxylic acids is 1.